The standard InChI is InChI=1S/C20H26N2O4S/c1-14-10-11-19(26-4)18(12-14)22(27(5,24)25)16(3)20(23)21-13-17-9-7-6-8-15(17)2/h6-12,16H,13H2,1-5H3,(H,21,23). The van der Waals surface area contributed by atoms with E-state index in [0.29, 0.717) is 18.0 Å². The Labute approximate surface area is 161 Å². The molecule has 1 unspecified atom stereocenters. The topological polar surface area (TPSA) is 75.7 Å². The Hall–Kier alpha value is -2.54. The molecule has 1 atom stereocenters. The van der Waals surface area contributed by atoms with Crippen molar-refractivity contribution < 1.29 is 17.9 Å². The van der Waals surface area contributed by atoms with E-state index < -0.39 is 16.1 Å². The van der Waals surface area contributed by atoms with Gasteiger partial charge in [0.2, 0.25) is 15.9 Å². The van der Waals surface area contributed by atoms with Crippen LogP contribution in [0.3, 0.4) is 0 Å². The van der Waals surface area contributed by atoms with Gasteiger partial charge >= 0.3 is 0 Å². The van der Waals surface area contributed by atoms with E-state index in [1.165, 1.54) is 7.11 Å². The third-order valence-electron chi connectivity index (χ3n) is 4.37. The summed E-state index contributed by atoms with van der Waals surface area (Å²) in [7, 11) is -2.24. The SMILES string of the molecule is COc1ccc(C)cc1N(C(C)C(=O)NCc1ccccc1C)S(C)(=O)=O. The highest BCUT2D eigenvalue weighted by molar-refractivity contribution is 7.92. The minimum Gasteiger partial charge on any atom is -0.495 e. The van der Waals surface area contributed by atoms with Crippen molar-refractivity contribution >= 4 is 21.6 Å². The zero-order chi connectivity index (χ0) is 20.2. The quantitative estimate of drug-likeness (QED) is 0.789. The molecule has 0 aliphatic heterocycles. The maximum absolute atomic E-state index is 12.7. The number of hydrogen-bond donors (Lipinski definition) is 1. The lowest BCUT2D eigenvalue weighted by atomic mass is 10.1. The normalized spacial score (nSPS) is 12.3. The van der Waals surface area contributed by atoms with Crippen LogP contribution >= 0.6 is 0 Å². The third kappa shape index (κ3) is 5.01. The maximum atomic E-state index is 12.7. The predicted molar refractivity (Wildman–Crippen MR) is 108 cm³/mol. The maximum Gasteiger partial charge on any atom is 0.243 e. The summed E-state index contributed by atoms with van der Waals surface area (Å²) in [5, 5.41) is 2.83. The number of aryl methyl sites for hydroxylation is 2. The fourth-order valence-corrected chi connectivity index (χ4v) is 4.06. The Morgan fingerprint density at radius 1 is 1.19 bits per heavy atom. The van der Waals surface area contributed by atoms with Crippen molar-refractivity contribution in [3.05, 3.63) is 59.2 Å². The summed E-state index contributed by atoms with van der Waals surface area (Å²) in [5.74, 6) is 0.0109. The predicted octanol–water partition coefficient (Wildman–Crippen LogP) is 2.78. The summed E-state index contributed by atoms with van der Waals surface area (Å²) < 4.78 is 31.4. The van der Waals surface area contributed by atoms with Gasteiger partial charge in [-0.3, -0.25) is 9.10 Å². The third-order valence-corrected chi connectivity index (χ3v) is 5.60. The van der Waals surface area contributed by atoms with Gasteiger partial charge in [0, 0.05) is 6.54 Å². The molecule has 0 fully saturated rings. The highest BCUT2D eigenvalue weighted by atomic mass is 32.2. The van der Waals surface area contributed by atoms with Crippen molar-refractivity contribution in [1.82, 2.24) is 5.32 Å². The number of rotatable bonds is 7. The van der Waals surface area contributed by atoms with Gasteiger partial charge in [0.15, 0.2) is 0 Å². The second-order valence-electron chi connectivity index (χ2n) is 6.55. The first-order valence-corrected chi connectivity index (χ1v) is 10.5. The molecule has 0 spiro atoms. The number of benzene rings is 2. The van der Waals surface area contributed by atoms with E-state index in [-0.39, 0.29) is 5.91 Å². The van der Waals surface area contributed by atoms with Crippen LogP contribution in [0, 0.1) is 13.8 Å². The average Bonchev–Trinajstić information content (AvgIpc) is 2.60. The Bertz CT molecular complexity index is 925. The smallest absolute Gasteiger partial charge is 0.243 e. The van der Waals surface area contributed by atoms with Crippen molar-refractivity contribution in [3.8, 4) is 5.75 Å². The molecule has 0 heterocycles. The van der Waals surface area contributed by atoms with Gasteiger partial charge in [-0.25, -0.2) is 8.42 Å². The Balaban J connectivity index is 2.30. The zero-order valence-corrected chi connectivity index (χ0v) is 17.1. The Morgan fingerprint density at radius 2 is 1.85 bits per heavy atom. The number of anilines is 1. The molecule has 0 bridgehead atoms. The number of sulfonamides is 1. The first-order valence-electron chi connectivity index (χ1n) is 8.61. The van der Waals surface area contributed by atoms with Gasteiger partial charge in [-0.15, -0.1) is 0 Å². The van der Waals surface area contributed by atoms with Crippen molar-refractivity contribution in [2.75, 3.05) is 17.7 Å². The van der Waals surface area contributed by atoms with E-state index in [9.17, 15) is 13.2 Å². The number of amides is 1. The molecule has 0 aromatic heterocycles. The van der Waals surface area contributed by atoms with Crippen LogP contribution in [0.5, 0.6) is 5.75 Å². The minimum absolute atomic E-state index is 0.332. The fraction of sp³-hybridized carbons (Fsp3) is 0.350. The van der Waals surface area contributed by atoms with Gasteiger partial charge in [0.05, 0.1) is 19.1 Å². The van der Waals surface area contributed by atoms with E-state index in [1.54, 1.807) is 19.1 Å². The van der Waals surface area contributed by atoms with E-state index in [0.717, 1.165) is 27.3 Å². The Morgan fingerprint density at radius 3 is 2.44 bits per heavy atom. The molecule has 146 valence electrons. The number of nitrogens with zero attached hydrogens (tertiary/aromatic N) is 1. The summed E-state index contributed by atoms with van der Waals surface area (Å²) in [6.07, 6.45) is 1.08. The highest BCUT2D eigenvalue weighted by Crippen LogP contribution is 2.32. The molecule has 0 saturated heterocycles. The lowest BCUT2D eigenvalue weighted by Crippen LogP contribution is -2.47. The second-order valence-corrected chi connectivity index (χ2v) is 8.41. The van der Waals surface area contributed by atoms with Crippen molar-refractivity contribution in [3.63, 3.8) is 0 Å². The fourth-order valence-electron chi connectivity index (χ4n) is 2.89. The summed E-state index contributed by atoms with van der Waals surface area (Å²) in [6, 6.07) is 12.0. The largest absolute Gasteiger partial charge is 0.495 e. The Kier molecular flexibility index (Phi) is 6.49. The lowest BCUT2D eigenvalue weighted by Gasteiger charge is -2.29. The van der Waals surface area contributed by atoms with Gasteiger partial charge in [-0.05, 0) is 49.6 Å². The highest BCUT2D eigenvalue weighted by Gasteiger charge is 2.31. The van der Waals surface area contributed by atoms with Crippen LogP contribution in [0.15, 0.2) is 42.5 Å². The monoisotopic (exact) mass is 390 g/mol. The molecule has 1 N–H and O–H groups in total. The molecule has 6 nitrogen and oxygen atoms in total. The van der Waals surface area contributed by atoms with Gasteiger partial charge < -0.3 is 10.1 Å². The number of methoxy groups -OCH3 is 1. The van der Waals surface area contributed by atoms with Crippen LogP contribution in [0.4, 0.5) is 5.69 Å². The molecule has 0 radical (unpaired) electrons. The van der Waals surface area contributed by atoms with Crippen LogP contribution in [0.2, 0.25) is 0 Å². The molecule has 2 rings (SSSR count). The van der Waals surface area contributed by atoms with E-state index in [4.69, 9.17) is 4.74 Å². The van der Waals surface area contributed by atoms with E-state index in [2.05, 4.69) is 5.32 Å². The van der Waals surface area contributed by atoms with Crippen LogP contribution in [-0.2, 0) is 21.4 Å². The number of carbonyl (C=O) groups is 1. The van der Waals surface area contributed by atoms with Crippen molar-refractivity contribution in [2.45, 2.75) is 33.4 Å². The molecule has 27 heavy (non-hydrogen) atoms. The average molecular weight is 391 g/mol. The van der Waals surface area contributed by atoms with Gasteiger partial charge in [0.25, 0.3) is 0 Å². The zero-order valence-electron chi connectivity index (χ0n) is 16.3. The first-order chi connectivity index (χ1) is 12.6. The van der Waals surface area contributed by atoms with Crippen LogP contribution in [0.25, 0.3) is 0 Å². The summed E-state index contributed by atoms with van der Waals surface area (Å²) in [4.78, 5) is 12.7. The summed E-state index contributed by atoms with van der Waals surface area (Å²) in [6.45, 7) is 5.71. The molecule has 2 aromatic rings. The van der Waals surface area contributed by atoms with Gasteiger partial charge in [-0.2, -0.15) is 0 Å². The first kappa shape index (κ1) is 20.8. The number of carbonyl (C=O) groups excluding carboxylic acids is 1. The molecule has 7 heteroatoms. The van der Waals surface area contributed by atoms with E-state index >= 15 is 0 Å². The molecular formula is C20H26N2O4S. The lowest BCUT2D eigenvalue weighted by molar-refractivity contribution is -0.122. The van der Waals surface area contributed by atoms with Crippen LogP contribution in [-0.4, -0.2) is 33.7 Å². The molecule has 0 aliphatic rings. The van der Waals surface area contributed by atoms with Crippen LogP contribution < -0.4 is 14.4 Å². The molecule has 0 saturated carbocycles. The van der Waals surface area contributed by atoms with Crippen molar-refractivity contribution in [2.24, 2.45) is 0 Å². The molecular weight excluding hydrogens is 364 g/mol. The molecule has 2 aromatic carbocycles. The summed E-state index contributed by atoms with van der Waals surface area (Å²) >= 11 is 0. The molecule has 1 amide bonds. The van der Waals surface area contributed by atoms with Crippen LogP contribution in [0.1, 0.15) is 23.6 Å². The summed E-state index contributed by atoms with van der Waals surface area (Å²) in [5.41, 5.74) is 3.26. The second kappa shape index (κ2) is 8.43. The number of nitrogens with one attached hydrogen (secondary N) is 1. The van der Waals surface area contributed by atoms with Crippen molar-refractivity contribution in [1.29, 1.82) is 0 Å². The van der Waals surface area contributed by atoms with Gasteiger partial charge in [0.1, 0.15) is 11.8 Å². The van der Waals surface area contributed by atoms with E-state index in [1.807, 2.05) is 44.2 Å². The molecule has 0 aliphatic carbocycles. The number of hydrogen-bond acceptors (Lipinski definition) is 4. The number of ether oxygens (including phenoxy) is 1. The minimum atomic E-state index is -3.71. The van der Waals surface area contributed by atoms with Gasteiger partial charge in [-0.1, -0.05) is 30.3 Å².